The van der Waals surface area contributed by atoms with Crippen LogP contribution in [0.4, 0.5) is 18.9 Å². The lowest BCUT2D eigenvalue weighted by atomic mass is 10.2. The molecular formula is C19H13F3N2O2. The first kappa shape index (κ1) is 17.5. The lowest BCUT2D eigenvalue weighted by Gasteiger charge is -2.10. The summed E-state index contributed by atoms with van der Waals surface area (Å²) >= 11 is 0. The molecule has 0 unspecified atom stereocenters. The molecule has 0 saturated carbocycles. The van der Waals surface area contributed by atoms with Gasteiger partial charge in [-0.05, 0) is 35.9 Å². The van der Waals surface area contributed by atoms with Gasteiger partial charge in [-0.25, -0.2) is 13.2 Å². The van der Waals surface area contributed by atoms with Crippen molar-refractivity contribution in [1.82, 2.24) is 4.57 Å². The van der Waals surface area contributed by atoms with Gasteiger partial charge in [-0.3, -0.25) is 9.59 Å². The minimum Gasteiger partial charge on any atom is -0.319 e. The normalized spacial score (nSPS) is 10.6. The fourth-order valence-electron chi connectivity index (χ4n) is 2.36. The number of rotatable bonds is 4. The van der Waals surface area contributed by atoms with Crippen LogP contribution in [0.3, 0.4) is 0 Å². The smallest absolute Gasteiger partial charge is 0.257 e. The molecule has 2 aromatic carbocycles. The maximum Gasteiger partial charge on any atom is 0.257 e. The Morgan fingerprint density at radius 3 is 2.31 bits per heavy atom. The summed E-state index contributed by atoms with van der Waals surface area (Å²) in [5.41, 5.74) is 0.276. The van der Waals surface area contributed by atoms with Crippen molar-refractivity contribution >= 4 is 11.6 Å². The summed E-state index contributed by atoms with van der Waals surface area (Å²) in [6, 6.07) is 10.9. The summed E-state index contributed by atoms with van der Waals surface area (Å²) in [7, 11) is 0. The SMILES string of the molecule is O=C(Nc1ccc(F)cc1F)c1ccc(=O)n(Cc2ccc(F)cc2)c1. The van der Waals surface area contributed by atoms with E-state index in [9.17, 15) is 22.8 Å². The molecule has 0 aliphatic carbocycles. The highest BCUT2D eigenvalue weighted by Gasteiger charge is 2.11. The third kappa shape index (κ3) is 4.00. The summed E-state index contributed by atoms with van der Waals surface area (Å²) in [6.07, 6.45) is 1.32. The molecule has 0 bridgehead atoms. The van der Waals surface area contributed by atoms with Crippen LogP contribution in [0.5, 0.6) is 0 Å². The molecule has 0 radical (unpaired) electrons. The van der Waals surface area contributed by atoms with Gasteiger partial charge in [-0.1, -0.05) is 12.1 Å². The van der Waals surface area contributed by atoms with E-state index in [-0.39, 0.29) is 23.4 Å². The number of hydrogen-bond acceptors (Lipinski definition) is 2. The minimum absolute atomic E-state index is 0.121. The molecule has 1 aromatic heterocycles. The largest absolute Gasteiger partial charge is 0.319 e. The molecule has 4 nitrogen and oxygen atoms in total. The van der Waals surface area contributed by atoms with Crippen molar-refractivity contribution in [2.24, 2.45) is 0 Å². The highest BCUT2D eigenvalue weighted by Crippen LogP contribution is 2.16. The number of nitrogens with zero attached hydrogens (tertiary/aromatic N) is 1. The maximum atomic E-state index is 13.6. The Morgan fingerprint density at radius 1 is 0.923 bits per heavy atom. The van der Waals surface area contributed by atoms with Crippen molar-refractivity contribution in [2.45, 2.75) is 6.54 Å². The van der Waals surface area contributed by atoms with Crippen molar-refractivity contribution in [3.63, 3.8) is 0 Å². The van der Waals surface area contributed by atoms with Crippen molar-refractivity contribution in [2.75, 3.05) is 5.32 Å². The van der Waals surface area contributed by atoms with Gasteiger partial charge in [0.2, 0.25) is 0 Å². The lowest BCUT2D eigenvalue weighted by molar-refractivity contribution is 0.102. The first-order valence-electron chi connectivity index (χ1n) is 7.64. The average molecular weight is 358 g/mol. The predicted molar refractivity (Wildman–Crippen MR) is 90.5 cm³/mol. The zero-order valence-corrected chi connectivity index (χ0v) is 13.4. The van der Waals surface area contributed by atoms with E-state index in [2.05, 4.69) is 5.32 Å². The van der Waals surface area contributed by atoms with E-state index in [1.54, 1.807) is 0 Å². The van der Waals surface area contributed by atoms with Crippen LogP contribution in [0, 0.1) is 17.5 Å². The van der Waals surface area contributed by atoms with E-state index in [0.29, 0.717) is 11.6 Å². The Morgan fingerprint density at radius 2 is 1.62 bits per heavy atom. The number of benzene rings is 2. The quantitative estimate of drug-likeness (QED) is 0.775. The predicted octanol–water partition coefficient (Wildman–Crippen LogP) is 3.57. The molecule has 3 aromatic rings. The fourth-order valence-corrected chi connectivity index (χ4v) is 2.36. The van der Waals surface area contributed by atoms with Gasteiger partial charge < -0.3 is 9.88 Å². The Hall–Kier alpha value is -3.35. The Balaban J connectivity index is 1.83. The molecule has 0 fully saturated rings. The van der Waals surface area contributed by atoms with Crippen LogP contribution in [0.1, 0.15) is 15.9 Å². The molecule has 26 heavy (non-hydrogen) atoms. The summed E-state index contributed by atoms with van der Waals surface area (Å²) in [4.78, 5) is 24.2. The van der Waals surface area contributed by atoms with Gasteiger partial charge in [0.15, 0.2) is 0 Å². The number of nitrogens with one attached hydrogen (secondary N) is 1. The Labute approximate surface area is 146 Å². The minimum atomic E-state index is -0.905. The summed E-state index contributed by atoms with van der Waals surface area (Å²) in [5.74, 6) is -2.70. The number of pyridine rings is 1. The zero-order valence-electron chi connectivity index (χ0n) is 13.4. The molecule has 1 N–H and O–H groups in total. The molecule has 3 rings (SSSR count). The molecule has 1 heterocycles. The fraction of sp³-hybridized carbons (Fsp3) is 0.0526. The summed E-state index contributed by atoms with van der Waals surface area (Å²) in [6.45, 7) is 0.144. The number of anilines is 1. The second kappa shape index (κ2) is 7.26. The molecule has 0 atom stereocenters. The van der Waals surface area contributed by atoms with Crippen LogP contribution in [-0.2, 0) is 6.54 Å². The standard InChI is InChI=1S/C19H13F3N2O2/c20-14-4-1-12(2-5-14)10-24-11-13(3-8-18(24)25)19(26)23-17-7-6-15(21)9-16(17)22/h1-9,11H,10H2,(H,23,26). The topological polar surface area (TPSA) is 51.1 Å². The van der Waals surface area contributed by atoms with E-state index >= 15 is 0 Å². The monoisotopic (exact) mass is 358 g/mol. The van der Waals surface area contributed by atoms with Crippen LogP contribution >= 0.6 is 0 Å². The van der Waals surface area contributed by atoms with Gasteiger partial charge in [0.05, 0.1) is 17.8 Å². The van der Waals surface area contributed by atoms with Gasteiger partial charge in [0, 0.05) is 18.3 Å². The molecule has 1 amide bonds. The van der Waals surface area contributed by atoms with E-state index in [1.807, 2.05) is 0 Å². The van der Waals surface area contributed by atoms with Crippen molar-refractivity contribution in [1.29, 1.82) is 0 Å². The Bertz CT molecular complexity index is 1010. The number of aromatic nitrogens is 1. The second-order valence-electron chi connectivity index (χ2n) is 5.59. The van der Waals surface area contributed by atoms with Gasteiger partial charge in [-0.15, -0.1) is 0 Å². The highest BCUT2D eigenvalue weighted by atomic mass is 19.1. The molecular weight excluding hydrogens is 345 g/mol. The molecule has 7 heteroatoms. The number of halogens is 3. The van der Waals surface area contributed by atoms with Crippen LogP contribution < -0.4 is 10.9 Å². The van der Waals surface area contributed by atoms with Crippen molar-refractivity contribution in [3.8, 4) is 0 Å². The maximum absolute atomic E-state index is 13.6. The van der Waals surface area contributed by atoms with Gasteiger partial charge in [0.1, 0.15) is 17.5 Å². The molecule has 132 valence electrons. The number of amides is 1. The third-order valence-corrected chi connectivity index (χ3v) is 3.69. The van der Waals surface area contributed by atoms with Crippen LogP contribution in [0.15, 0.2) is 65.6 Å². The van der Waals surface area contributed by atoms with E-state index in [4.69, 9.17) is 0 Å². The number of carbonyl (C=O) groups is 1. The van der Waals surface area contributed by atoms with Gasteiger partial charge in [-0.2, -0.15) is 0 Å². The van der Waals surface area contributed by atoms with E-state index in [0.717, 1.165) is 12.1 Å². The van der Waals surface area contributed by atoms with Crippen molar-refractivity contribution < 1.29 is 18.0 Å². The number of hydrogen-bond donors (Lipinski definition) is 1. The first-order chi connectivity index (χ1) is 12.4. The summed E-state index contributed by atoms with van der Waals surface area (Å²) < 4.78 is 40.8. The Kier molecular flexibility index (Phi) is 4.88. The van der Waals surface area contributed by atoms with Crippen LogP contribution in [0.25, 0.3) is 0 Å². The van der Waals surface area contributed by atoms with E-state index in [1.165, 1.54) is 47.2 Å². The second-order valence-corrected chi connectivity index (χ2v) is 5.59. The first-order valence-corrected chi connectivity index (χ1v) is 7.64. The highest BCUT2D eigenvalue weighted by molar-refractivity contribution is 6.04. The summed E-state index contributed by atoms with van der Waals surface area (Å²) in [5, 5.41) is 2.33. The zero-order chi connectivity index (χ0) is 18.7. The molecule has 0 spiro atoms. The van der Waals surface area contributed by atoms with Crippen LogP contribution in [0.2, 0.25) is 0 Å². The van der Waals surface area contributed by atoms with Crippen molar-refractivity contribution in [3.05, 3.63) is 99.7 Å². The molecule has 0 saturated heterocycles. The molecule has 0 aliphatic heterocycles. The molecule has 0 aliphatic rings. The van der Waals surface area contributed by atoms with Crippen LogP contribution in [-0.4, -0.2) is 10.5 Å². The third-order valence-electron chi connectivity index (χ3n) is 3.69. The number of carbonyl (C=O) groups excluding carboxylic acids is 1. The average Bonchev–Trinajstić information content (AvgIpc) is 2.61. The van der Waals surface area contributed by atoms with Gasteiger partial charge >= 0.3 is 0 Å². The van der Waals surface area contributed by atoms with E-state index < -0.39 is 23.4 Å². The lowest BCUT2D eigenvalue weighted by Crippen LogP contribution is -2.22. The van der Waals surface area contributed by atoms with Gasteiger partial charge in [0.25, 0.3) is 11.5 Å².